The topological polar surface area (TPSA) is 91.3 Å². The molecule has 0 aliphatic carbocycles. The summed E-state index contributed by atoms with van der Waals surface area (Å²) in [6, 6.07) is 12.8. The van der Waals surface area contributed by atoms with Gasteiger partial charge in [0.15, 0.2) is 0 Å². The van der Waals surface area contributed by atoms with Gasteiger partial charge in [0, 0.05) is 44.1 Å². The smallest absolute Gasteiger partial charge is 0.274 e. The van der Waals surface area contributed by atoms with Gasteiger partial charge >= 0.3 is 0 Å². The van der Waals surface area contributed by atoms with Crippen molar-refractivity contribution in [2.45, 2.75) is 6.42 Å². The number of nitrogens with one attached hydrogen (secondary N) is 1. The number of benzene rings is 1. The van der Waals surface area contributed by atoms with Gasteiger partial charge in [0.2, 0.25) is 0 Å². The lowest BCUT2D eigenvalue weighted by Crippen LogP contribution is -2.35. The van der Waals surface area contributed by atoms with Crippen molar-refractivity contribution in [3.63, 3.8) is 0 Å². The average Bonchev–Trinajstić information content (AvgIpc) is 3.07. The molecule has 3 aromatic rings. The van der Waals surface area contributed by atoms with E-state index < -0.39 is 0 Å². The van der Waals surface area contributed by atoms with Crippen LogP contribution < -0.4 is 10.2 Å². The van der Waals surface area contributed by atoms with Gasteiger partial charge in [-0.2, -0.15) is 0 Å². The fourth-order valence-electron chi connectivity index (χ4n) is 3.36. The fourth-order valence-corrected chi connectivity index (χ4v) is 3.36. The van der Waals surface area contributed by atoms with Crippen molar-refractivity contribution >= 4 is 23.3 Å². The zero-order chi connectivity index (χ0) is 20.8. The molecule has 0 radical (unpaired) electrons. The van der Waals surface area contributed by atoms with Crippen molar-refractivity contribution in [3.05, 3.63) is 78.5 Å². The zero-order valence-corrected chi connectivity index (χ0v) is 16.4. The van der Waals surface area contributed by atoms with Gasteiger partial charge in [0.05, 0.1) is 18.1 Å². The molecular formula is C22H22N6O2. The van der Waals surface area contributed by atoms with E-state index in [0.29, 0.717) is 36.6 Å². The molecule has 0 atom stereocenters. The first-order valence-corrected chi connectivity index (χ1v) is 9.83. The Morgan fingerprint density at radius 3 is 2.47 bits per heavy atom. The average molecular weight is 402 g/mol. The van der Waals surface area contributed by atoms with E-state index in [2.05, 4.69) is 25.2 Å². The first kappa shape index (κ1) is 19.5. The van der Waals surface area contributed by atoms with E-state index in [1.165, 1.54) is 12.4 Å². The van der Waals surface area contributed by atoms with E-state index >= 15 is 0 Å². The normalized spacial score (nSPS) is 14.1. The molecule has 1 aromatic carbocycles. The van der Waals surface area contributed by atoms with Crippen molar-refractivity contribution in [2.24, 2.45) is 0 Å². The number of rotatable bonds is 4. The quantitative estimate of drug-likeness (QED) is 0.721. The standard InChI is InChI=1S/C22H22N6O2/c29-21(17-5-2-1-3-6-17)26-18-7-8-20(25-15-18)27-11-4-12-28(14-13-27)22(30)19-16-23-9-10-24-19/h1-3,5-10,15-16H,4,11-14H2,(H,26,29). The molecule has 2 aromatic heterocycles. The van der Waals surface area contributed by atoms with Crippen LogP contribution in [-0.4, -0.2) is 57.8 Å². The molecule has 0 unspecified atom stereocenters. The molecule has 8 heteroatoms. The highest BCUT2D eigenvalue weighted by atomic mass is 16.2. The molecule has 1 saturated heterocycles. The van der Waals surface area contributed by atoms with E-state index in [4.69, 9.17) is 0 Å². The third-order valence-electron chi connectivity index (χ3n) is 4.93. The molecule has 1 aliphatic heterocycles. The van der Waals surface area contributed by atoms with Gasteiger partial charge in [0.1, 0.15) is 11.5 Å². The van der Waals surface area contributed by atoms with Crippen molar-refractivity contribution in [3.8, 4) is 0 Å². The maximum Gasteiger partial charge on any atom is 0.274 e. The Morgan fingerprint density at radius 2 is 1.73 bits per heavy atom. The minimum atomic E-state index is -0.168. The summed E-state index contributed by atoms with van der Waals surface area (Å²) in [6.45, 7) is 2.72. The largest absolute Gasteiger partial charge is 0.355 e. The second kappa shape index (κ2) is 9.13. The minimum absolute atomic E-state index is 0.100. The Balaban J connectivity index is 1.36. The van der Waals surface area contributed by atoms with E-state index in [1.54, 1.807) is 29.4 Å². The number of pyridine rings is 1. The van der Waals surface area contributed by atoms with Crippen LogP contribution >= 0.6 is 0 Å². The lowest BCUT2D eigenvalue weighted by molar-refractivity contribution is 0.0760. The first-order valence-electron chi connectivity index (χ1n) is 9.83. The van der Waals surface area contributed by atoms with Crippen LogP contribution in [0, 0.1) is 0 Å². The van der Waals surface area contributed by atoms with E-state index in [9.17, 15) is 9.59 Å². The van der Waals surface area contributed by atoms with Crippen LogP contribution in [0.3, 0.4) is 0 Å². The second-order valence-corrected chi connectivity index (χ2v) is 6.95. The molecule has 0 bridgehead atoms. The molecule has 0 saturated carbocycles. The molecule has 2 amide bonds. The molecule has 3 heterocycles. The lowest BCUT2D eigenvalue weighted by atomic mass is 10.2. The van der Waals surface area contributed by atoms with Gasteiger partial charge in [0.25, 0.3) is 11.8 Å². The summed E-state index contributed by atoms with van der Waals surface area (Å²) in [6.07, 6.45) is 7.07. The summed E-state index contributed by atoms with van der Waals surface area (Å²) < 4.78 is 0. The highest BCUT2D eigenvalue weighted by Gasteiger charge is 2.22. The second-order valence-electron chi connectivity index (χ2n) is 6.95. The third-order valence-corrected chi connectivity index (χ3v) is 4.93. The number of nitrogens with zero attached hydrogens (tertiary/aromatic N) is 5. The van der Waals surface area contributed by atoms with Crippen LogP contribution in [0.5, 0.6) is 0 Å². The van der Waals surface area contributed by atoms with Gasteiger partial charge in [-0.15, -0.1) is 0 Å². The molecule has 1 fully saturated rings. The molecule has 8 nitrogen and oxygen atoms in total. The highest BCUT2D eigenvalue weighted by Crippen LogP contribution is 2.17. The molecule has 152 valence electrons. The Hall–Kier alpha value is -3.81. The van der Waals surface area contributed by atoms with Crippen molar-refractivity contribution in [1.82, 2.24) is 19.9 Å². The van der Waals surface area contributed by atoms with E-state index in [-0.39, 0.29) is 11.8 Å². The van der Waals surface area contributed by atoms with Gasteiger partial charge in [-0.1, -0.05) is 18.2 Å². The van der Waals surface area contributed by atoms with Crippen LogP contribution in [0.1, 0.15) is 27.3 Å². The van der Waals surface area contributed by atoms with Crippen LogP contribution in [0.4, 0.5) is 11.5 Å². The van der Waals surface area contributed by atoms with E-state index in [1.807, 2.05) is 30.3 Å². The first-order chi connectivity index (χ1) is 14.7. The maximum atomic E-state index is 12.6. The summed E-state index contributed by atoms with van der Waals surface area (Å²) in [5.74, 6) is 0.552. The molecule has 1 N–H and O–H groups in total. The van der Waals surface area contributed by atoms with Gasteiger partial charge in [-0.25, -0.2) is 9.97 Å². The molecule has 30 heavy (non-hydrogen) atoms. The van der Waals surface area contributed by atoms with Crippen molar-refractivity contribution < 1.29 is 9.59 Å². The monoisotopic (exact) mass is 402 g/mol. The van der Waals surface area contributed by atoms with Gasteiger partial charge < -0.3 is 15.1 Å². The van der Waals surface area contributed by atoms with E-state index in [0.717, 1.165) is 18.8 Å². The molecular weight excluding hydrogens is 380 g/mol. The van der Waals surface area contributed by atoms with Gasteiger partial charge in [-0.05, 0) is 30.7 Å². The summed E-state index contributed by atoms with van der Waals surface area (Å²) in [7, 11) is 0. The fraction of sp³-hybridized carbons (Fsp3) is 0.227. The Morgan fingerprint density at radius 1 is 0.867 bits per heavy atom. The highest BCUT2D eigenvalue weighted by molar-refractivity contribution is 6.04. The van der Waals surface area contributed by atoms with Crippen LogP contribution in [0.25, 0.3) is 0 Å². The SMILES string of the molecule is O=C(Nc1ccc(N2CCCN(C(=O)c3cnccn3)CC2)nc1)c1ccccc1. The predicted octanol–water partition coefficient (Wildman–Crippen LogP) is 2.48. The number of carbonyl (C=O) groups is 2. The number of hydrogen-bond donors (Lipinski definition) is 1. The third kappa shape index (κ3) is 4.60. The number of carbonyl (C=O) groups excluding carboxylic acids is 2. The Kier molecular flexibility index (Phi) is 5.93. The summed E-state index contributed by atoms with van der Waals surface area (Å²) in [5, 5.41) is 2.86. The summed E-state index contributed by atoms with van der Waals surface area (Å²) in [5.41, 5.74) is 1.60. The van der Waals surface area contributed by atoms with Crippen molar-refractivity contribution in [2.75, 3.05) is 36.4 Å². The molecule has 1 aliphatic rings. The zero-order valence-electron chi connectivity index (χ0n) is 16.4. The lowest BCUT2D eigenvalue weighted by Gasteiger charge is -2.22. The Bertz CT molecular complexity index is 995. The number of aromatic nitrogens is 3. The van der Waals surface area contributed by atoms with Crippen LogP contribution in [0.15, 0.2) is 67.3 Å². The minimum Gasteiger partial charge on any atom is -0.355 e. The molecule has 0 spiro atoms. The van der Waals surface area contributed by atoms with Gasteiger partial charge in [-0.3, -0.25) is 14.6 Å². The predicted molar refractivity (Wildman–Crippen MR) is 113 cm³/mol. The van der Waals surface area contributed by atoms with Crippen LogP contribution in [0.2, 0.25) is 0 Å². The van der Waals surface area contributed by atoms with Crippen LogP contribution in [-0.2, 0) is 0 Å². The maximum absolute atomic E-state index is 12.6. The number of hydrogen-bond acceptors (Lipinski definition) is 6. The summed E-state index contributed by atoms with van der Waals surface area (Å²) >= 11 is 0. The number of anilines is 2. The molecule has 4 rings (SSSR count). The summed E-state index contributed by atoms with van der Waals surface area (Å²) in [4.78, 5) is 41.4. The van der Waals surface area contributed by atoms with Crippen molar-refractivity contribution in [1.29, 1.82) is 0 Å². The number of amides is 2. The Labute approximate surface area is 174 Å².